The van der Waals surface area contributed by atoms with Crippen molar-refractivity contribution >= 4 is 6.03 Å². The van der Waals surface area contributed by atoms with Crippen LogP contribution in [0.4, 0.5) is 4.79 Å². The van der Waals surface area contributed by atoms with E-state index >= 15 is 0 Å². The number of carbonyl (C=O) groups excluding carboxylic acids is 1. The molecule has 1 fully saturated rings. The van der Waals surface area contributed by atoms with E-state index in [0.717, 1.165) is 31.4 Å². The molecule has 0 aromatic heterocycles. The van der Waals surface area contributed by atoms with E-state index in [-0.39, 0.29) is 17.8 Å². The van der Waals surface area contributed by atoms with Gasteiger partial charge in [0.2, 0.25) is 0 Å². The molecule has 4 heteroatoms. The number of rotatable bonds is 4. The number of benzene rings is 2. The van der Waals surface area contributed by atoms with E-state index in [9.17, 15) is 9.90 Å². The highest BCUT2D eigenvalue weighted by molar-refractivity contribution is 5.74. The SMILES string of the molecule is O=C(NCc1ccc(O)cc1)N1CCC[C@@H]1Cc1ccccc1. The van der Waals surface area contributed by atoms with Crippen LogP contribution in [0.15, 0.2) is 54.6 Å². The zero-order valence-electron chi connectivity index (χ0n) is 13.1. The lowest BCUT2D eigenvalue weighted by atomic mass is 10.0. The van der Waals surface area contributed by atoms with Gasteiger partial charge in [0, 0.05) is 19.1 Å². The van der Waals surface area contributed by atoms with Crippen molar-refractivity contribution in [1.82, 2.24) is 10.2 Å². The maximum atomic E-state index is 12.5. The highest BCUT2D eigenvalue weighted by Crippen LogP contribution is 2.21. The molecule has 0 unspecified atom stereocenters. The molecule has 2 N–H and O–H groups in total. The molecular formula is C19H22N2O2. The van der Waals surface area contributed by atoms with Gasteiger partial charge in [0.1, 0.15) is 5.75 Å². The van der Waals surface area contributed by atoms with Gasteiger partial charge in [-0.25, -0.2) is 4.79 Å². The van der Waals surface area contributed by atoms with Gasteiger partial charge in [0.25, 0.3) is 0 Å². The van der Waals surface area contributed by atoms with Crippen molar-refractivity contribution in [3.63, 3.8) is 0 Å². The minimum Gasteiger partial charge on any atom is -0.508 e. The number of urea groups is 1. The average molecular weight is 310 g/mol. The minimum absolute atomic E-state index is 0.00324. The molecule has 2 amide bonds. The monoisotopic (exact) mass is 310 g/mol. The second-order valence-corrected chi connectivity index (χ2v) is 6.00. The second-order valence-electron chi connectivity index (χ2n) is 6.00. The van der Waals surface area contributed by atoms with Crippen molar-refractivity contribution in [2.45, 2.75) is 31.8 Å². The predicted molar refractivity (Wildman–Crippen MR) is 90.2 cm³/mol. The number of hydrogen-bond acceptors (Lipinski definition) is 2. The quantitative estimate of drug-likeness (QED) is 0.910. The number of phenolic OH excluding ortho intramolecular Hbond substituents is 1. The highest BCUT2D eigenvalue weighted by atomic mass is 16.3. The van der Waals surface area contributed by atoms with Crippen molar-refractivity contribution in [1.29, 1.82) is 0 Å². The van der Waals surface area contributed by atoms with Crippen LogP contribution in [0.1, 0.15) is 24.0 Å². The first kappa shape index (κ1) is 15.4. The Labute approximate surface area is 136 Å². The molecule has 4 nitrogen and oxygen atoms in total. The summed E-state index contributed by atoms with van der Waals surface area (Å²) in [6.45, 7) is 1.30. The number of nitrogens with zero attached hydrogens (tertiary/aromatic N) is 1. The molecule has 0 aliphatic carbocycles. The third-order valence-corrected chi connectivity index (χ3v) is 4.33. The molecule has 0 spiro atoms. The van der Waals surface area contributed by atoms with Crippen LogP contribution < -0.4 is 5.32 Å². The Kier molecular flexibility index (Phi) is 4.81. The molecule has 0 bridgehead atoms. The third kappa shape index (κ3) is 4.03. The fourth-order valence-corrected chi connectivity index (χ4v) is 3.09. The third-order valence-electron chi connectivity index (χ3n) is 4.33. The number of nitrogens with one attached hydrogen (secondary N) is 1. The zero-order valence-corrected chi connectivity index (χ0v) is 13.1. The molecule has 1 saturated heterocycles. The van der Waals surface area contributed by atoms with Crippen LogP contribution in [0.25, 0.3) is 0 Å². The van der Waals surface area contributed by atoms with Crippen molar-refractivity contribution in [2.24, 2.45) is 0 Å². The summed E-state index contributed by atoms with van der Waals surface area (Å²) < 4.78 is 0. The van der Waals surface area contributed by atoms with Crippen LogP contribution >= 0.6 is 0 Å². The van der Waals surface area contributed by atoms with E-state index in [1.807, 2.05) is 35.2 Å². The molecule has 2 aromatic carbocycles. The summed E-state index contributed by atoms with van der Waals surface area (Å²) in [5, 5.41) is 12.3. The summed E-state index contributed by atoms with van der Waals surface area (Å²) in [6.07, 6.45) is 3.03. The summed E-state index contributed by atoms with van der Waals surface area (Å²) in [5.41, 5.74) is 2.26. The smallest absolute Gasteiger partial charge is 0.317 e. The minimum atomic E-state index is -0.00324. The van der Waals surface area contributed by atoms with Crippen LogP contribution in [0.5, 0.6) is 5.75 Å². The Morgan fingerprint density at radius 2 is 1.83 bits per heavy atom. The Bertz CT molecular complexity index is 640. The van der Waals surface area contributed by atoms with Crippen molar-refractivity contribution in [3.05, 3.63) is 65.7 Å². The van der Waals surface area contributed by atoms with Crippen LogP contribution in [0.3, 0.4) is 0 Å². The lowest BCUT2D eigenvalue weighted by Gasteiger charge is -2.25. The van der Waals surface area contributed by atoms with E-state index in [2.05, 4.69) is 17.4 Å². The number of hydrogen-bond donors (Lipinski definition) is 2. The van der Waals surface area contributed by atoms with E-state index in [1.165, 1.54) is 5.56 Å². The summed E-state index contributed by atoms with van der Waals surface area (Å²) in [7, 11) is 0. The fourth-order valence-electron chi connectivity index (χ4n) is 3.09. The first-order valence-electron chi connectivity index (χ1n) is 8.08. The van der Waals surface area contributed by atoms with Crippen LogP contribution in [-0.4, -0.2) is 28.6 Å². The highest BCUT2D eigenvalue weighted by Gasteiger charge is 2.28. The average Bonchev–Trinajstić information content (AvgIpc) is 3.03. The summed E-state index contributed by atoms with van der Waals surface area (Å²) in [6, 6.07) is 17.5. The molecule has 1 aliphatic heterocycles. The number of phenols is 1. The van der Waals surface area contributed by atoms with Gasteiger partial charge in [-0.1, -0.05) is 42.5 Å². The van der Waals surface area contributed by atoms with Gasteiger partial charge in [-0.2, -0.15) is 0 Å². The topological polar surface area (TPSA) is 52.6 Å². The molecule has 120 valence electrons. The van der Waals surface area contributed by atoms with Gasteiger partial charge < -0.3 is 15.3 Å². The summed E-state index contributed by atoms with van der Waals surface area (Å²) in [5.74, 6) is 0.238. The van der Waals surface area contributed by atoms with Crippen molar-refractivity contribution < 1.29 is 9.90 Å². The molecule has 0 saturated carbocycles. The Balaban J connectivity index is 1.56. The molecular weight excluding hydrogens is 288 g/mol. The van der Waals surface area contributed by atoms with E-state index < -0.39 is 0 Å². The van der Waals surface area contributed by atoms with E-state index in [1.54, 1.807) is 12.1 Å². The van der Waals surface area contributed by atoms with Crippen LogP contribution in [0, 0.1) is 0 Å². The van der Waals surface area contributed by atoms with Gasteiger partial charge in [-0.3, -0.25) is 0 Å². The molecule has 0 radical (unpaired) electrons. The van der Waals surface area contributed by atoms with Crippen molar-refractivity contribution in [3.8, 4) is 5.75 Å². The van der Waals surface area contributed by atoms with Gasteiger partial charge in [-0.15, -0.1) is 0 Å². The second kappa shape index (κ2) is 7.18. The van der Waals surface area contributed by atoms with Gasteiger partial charge in [0.15, 0.2) is 0 Å². The van der Waals surface area contributed by atoms with E-state index in [4.69, 9.17) is 0 Å². The van der Waals surface area contributed by atoms with Crippen molar-refractivity contribution in [2.75, 3.05) is 6.54 Å². The molecule has 1 aliphatic rings. The zero-order chi connectivity index (χ0) is 16.1. The van der Waals surface area contributed by atoms with Crippen LogP contribution in [0.2, 0.25) is 0 Å². The Hall–Kier alpha value is -2.49. The molecule has 3 rings (SSSR count). The Morgan fingerprint density at radius 3 is 2.57 bits per heavy atom. The molecule has 2 aromatic rings. The maximum absolute atomic E-state index is 12.5. The summed E-state index contributed by atoms with van der Waals surface area (Å²) >= 11 is 0. The summed E-state index contributed by atoms with van der Waals surface area (Å²) in [4.78, 5) is 14.4. The molecule has 23 heavy (non-hydrogen) atoms. The number of amides is 2. The normalized spacial score (nSPS) is 17.2. The number of carbonyl (C=O) groups is 1. The predicted octanol–water partition coefficient (Wildman–Crippen LogP) is 3.31. The molecule has 1 atom stereocenters. The van der Waals surface area contributed by atoms with E-state index in [0.29, 0.717) is 6.54 Å². The number of aromatic hydroxyl groups is 1. The number of likely N-dealkylation sites (tertiary alicyclic amines) is 1. The fraction of sp³-hybridized carbons (Fsp3) is 0.316. The lowest BCUT2D eigenvalue weighted by molar-refractivity contribution is 0.192. The van der Waals surface area contributed by atoms with Gasteiger partial charge in [0.05, 0.1) is 0 Å². The first-order valence-corrected chi connectivity index (χ1v) is 8.08. The maximum Gasteiger partial charge on any atom is 0.317 e. The molecule has 1 heterocycles. The standard InChI is InChI=1S/C19H22N2O2/c22-18-10-8-16(9-11-18)14-20-19(23)21-12-4-7-17(21)13-15-5-2-1-3-6-15/h1-3,5-6,8-11,17,22H,4,7,12-14H2,(H,20,23)/t17-/m1/s1. The van der Waals surface area contributed by atoms with Gasteiger partial charge in [-0.05, 0) is 42.5 Å². The van der Waals surface area contributed by atoms with Crippen LogP contribution in [-0.2, 0) is 13.0 Å². The van der Waals surface area contributed by atoms with Gasteiger partial charge >= 0.3 is 6.03 Å². The lowest BCUT2D eigenvalue weighted by Crippen LogP contribution is -2.43. The first-order chi connectivity index (χ1) is 11.2. The Morgan fingerprint density at radius 1 is 1.09 bits per heavy atom. The largest absolute Gasteiger partial charge is 0.508 e.